The Morgan fingerprint density at radius 2 is 2.00 bits per heavy atom. The molecule has 0 aliphatic carbocycles. The van der Waals surface area contributed by atoms with Crippen LogP contribution in [0.15, 0.2) is 24.3 Å². The van der Waals surface area contributed by atoms with Crippen molar-refractivity contribution in [1.82, 2.24) is 0 Å². The van der Waals surface area contributed by atoms with Crippen LogP contribution in [0.25, 0.3) is 0 Å². The van der Waals surface area contributed by atoms with Crippen molar-refractivity contribution in [3.05, 3.63) is 29.8 Å². The van der Waals surface area contributed by atoms with E-state index in [-0.39, 0.29) is 0 Å². The quantitative estimate of drug-likeness (QED) is 0.748. The van der Waals surface area contributed by atoms with Crippen LogP contribution in [-0.4, -0.2) is 12.6 Å². The molecule has 1 atom stereocenters. The number of fused-ring (bicyclic) bond motifs is 1. The Labute approximate surface area is 106 Å². The van der Waals surface area contributed by atoms with Gasteiger partial charge in [0.05, 0.1) is 0 Å². The number of para-hydroxylation sites is 1. The second-order valence-electron chi connectivity index (χ2n) is 5.99. The molecule has 94 valence electrons. The summed E-state index contributed by atoms with van der Waals surface area (Å²) in [5.74, 6) is 0. The van der Waals surface area contributed by atoms with E-state index in [9.17, 15) is 0 Å². The maximum absolute atomic E-state index is 2.60. The minimum Gasteiger partial charge on any atom is -0.368 e. The van der Waals surface area contributed by atoms with Crippen LogP contribution < -0.4 is 4.90 Å². The summed E-state index contributed by atoms with van der Waals surface area (Å²) in [6, 6.07) is 9.49. The summed E-state index contributed by atoms with van der Waals surface area (Å²) in [5.41, 5.74) is 3.38. The zero-order valence-corrected chi connectivity index (χ0v) is 11.7. The molecule has 1 heteroatoms. The third-order valence-corrected chi connectivity index (χ3v) is 4.42. The van der Waals surface area contributed by atoms with Crippen molar-refractivity contribution in [1.29, 1.82) is 0 Å². The van der Waals surface area contributed by atoms with Crippen LogP contribution in [0.4, 0.5) is 5.69 Å². The summed E-state index contributed by atoms with van der Waals surface area (Å²) in [7, 11) is 0. The van der Waals surface area contributed by atoms with Gasteiger partial charge in [0.15, 0.2) is 0 Å². The molecule has 1 aromatic rings. The lowest BCUT2D eigenvalue weighted by Crippen LogP contribution is -2.42. The molecule has 0 aromatic heterocycles. The van der Waals surface area contributed by atoms with Gasteiger partial charge < -0.3 is 4.90 Å². The largest absolute Gasteiger partial charge is 0.368 e. The Kier molecular flexibility index (Phi) is 3.46. The predicted octanol–water partition coefficient (Wildman–Crippen LogP) is 4.26. The standard InChI is InChI=1S/C16H25N/c1-5-11-16(3,4)13(2)17-12-10-14-8-6-7-9-15(14)17/h6-9,13H,5,10-12H2,1-4H3. The Hall–Kier alpha value is -0.980. The van der Waals surface area contributed by atoms with Gasteiger partial charge in [-0.15, -0.1) is 0 Å². The molecule has 0 fully saturated rings. The van der Waals surface area contributed by atoms with E-state index in [1.54, 1.807) is 0 Å². The molecule has 17 heavy (non-hydrogen) atoms. The minimum absolute atomic E-state index is 0.395. The van der Waals surface area contributed by atoms with E-state index in [4.69, 9.17) is 0 Å². The van der Waals surface area contributed by atoms with Gasteiger partial charge in [-0.3, -0.25) is 0 Å². The van der Waals surface area contributed by atoms with Gasteiger partial charge in [0, 0.05) is 18.3 Å². The first-order valence-corrected chi connectivity index (χ1v) is 6.91. The minimum atomic E-state index is 0.395. The van der Waals surface area contributed by atoms with Gasteiger partial charge >= 0.3 is 0 Å². The average molecular weight is 231 g/mol. The highest BCUT2D eigenvalue weighted by Gasteiger charge is 2.32. The fourth-order valence-corrected chi connectivity index (χ4v) is 3.04. The zero-order chi connectivity index (χ0) is 12.5. The van der Waals surface area contributed by atoms with Crippen molar-refractivity contribution in [2.75, 3.05) is 11.4 Å². The highest BCUT2D eigenvalue weighted by atomic mass is 15.2. The molecule has 0 radical (unpaired) electrons. The molecule has 0 spiro atoms. The second-order valence-corrected chi connectivity index (χ2v) is 5.99. The van der Waals surface area contributed by atoms with Crippen molar-refractivity contribution in [3.63, 3.8) is 0 Å². The fourth-order valence-electron chi connectivity index (χ4n) is 3.04. The molecule has 0 N–H and O–H groups in total. The third kappa shape index (κ3) is 2.34. The van der Waals surface area contributed by atoms with Crippen LogP contribution in [-0.2, 0) is 6.42 Å². The lowest BCUT2D eigenvalue weighted by Gasteiger charge is -2.39. The number of rotatable bonds is 4. The maximum Gasteiger partial charge on any atom is 0.0402 e. The molecule has 0 bridgehead atoms. The fraction of sp³-hybridized carbons (Fsp3) is 0.625. The topological polar surface area (TPSA) is 3.24 Å². The van der Waals surface area contributed by atoms with Gasteiger partial charge in [0.25, 0.3) is 0 Å². The van der Waals surface area contributed by atoms with E-state index >= 15 is 0 Å². The SMILES string of the molecule is CCCC(C)(C)C(C)N1CCc2ccccc21. The molecule has 0 amide bonds. The first-order chi connectivity index (χ1) is 8.06. The van der Waals surface area contributed by atoms with E-state index in [1.807, 2.05) is 0 Å². The van der Waals surface area contributed by atoms with Crippen LogP contribution in [0, 0.1) is 5.41 Å². The molecule has 0 saturated heterocycles. The Morgan fingerprint density at radius 3 is 2.71 bits per heavy atom. The van der Waals surface area contributed by atoms with Crippen LogP contribution in [0.3, 0.4) is 0 Å². The highest BCUT2D eigenvalue weighted by Crippen LogP contribution is 2.37. The Bertz CT molecular complexity index is 381. The Balaban J connectivity index is 2.20. The van der Waals surface area contributed by atoms with Gasteiger partial charge in [-0.05, 0) is 36.8 Å². The number of hydrogen-bond donors (Lipinski definition) is 0. The number of benzene rings is 1. The number of hydrogen-bond acceptors (Lipinski definition) is 1. The third-order valence-electron chi connectivity index (χ3n) is 4.42. The van der Waals surface area contributed by atoms with Crippen molar-refractivity contribution >= 4 is 5.69 Å². The summed E-state index contributed by atoms with van der Waals surface area (Å²) >= 11 is 0. The normalized spacial score (nSPS) is 17.1. The summed E-state index contributed by atoms with van der Waals surface area (Å²) in [6.07, 6.45) is 3.78. The molecular weight excluding hydrogens is 206 g/mol. The average Bonchev–Trinajstić information content (AvgIpc) is 2.71. The molecule has 2 rings (SSSR count). The smallest absolute Gasteiger partial charge is 0.0402 e. The van der Waals surface area contributed by atoms with E-state index in [0.717, 1.165) is 0 Å². The monoisotopic (exact) mass is 231 g/mol. The lowest BCUT2D eigenvalue weighted by molar-refractivity contribution is 0.264. The van der Waals surface area contributed by atoms with E-state index in [1.165, 1.54) is 37.1 Å². The van der Waals surface area contributed by atoms with E-state index < -0.39 is 0 Å². The molecule has 1 aliphatic rings. The molecular formula is C16H25N. The molecule has 1 nitrogen and oxygen atoms in total. The van der Waals surface area contributed by atoms with Crippen molar-refractivity contribution in [3.8, 4) is 0 Å². The zero-order valence-electron chi connectivity index (χ0n) is 11.7. The Morgan fingerprint density at radius 1 is 1.29 bits per heavy atom. The highest BCUT2D eigenvalue weighted by molar-refractivity contribution is 5.58. The van der Waals surface area contributed by atoms with Crippen LogP contribution in [0.2, 0.25) is 0 Å². The summed E-state index contributed by atoms with van der Waals surface area (Å²) in [6.45, 7) is 10.7. The van der Waals surface area contributed by atoms with Crippen molar-refractivity contribution in [2.45, 2.75) is 53.0 Å². The van der Waals surface area contributed by atoms with Crippen LogP contribution >= 0.6 is 0 Å². The summed E-state index contributed by atoms with van der Waals surface area (Å²) in [4.78, 5) is 2.60. The molecule has 1 heterocycles. The molecule has 1 aliphatic heterocycles. The summed E-state index contributed by atoms with van der Waals surface area (Å²) < 4.78 is 0. The molecule has 0 saturated carbocycles. The van der Waals surface area contributed by atoms with Gasteiger partial charge in [-0.1, -0.05) is 45.4 Å². The van der Waals surface area contributed by atoms with Crippen molar-refractivity contribution in [2.24, 2.45) is 5.41 Å². The predicted molar refractivity (Wildman–Crippen MR) is 75.6 cm³/mol. The van der Waals surface area contributed by atoms with Gasteiger partial charge in [0.1, 0.15) is 0 Å². The van der Waals surface area contributed by atoms with E-state index in [0.29, 0.717) is 11.5 Å². The van der Waals surface area contributed by atoms with E-state index in [2.05, 4.69) is 56.9 Å². The summed E-state index contributed by atoms with van der Waals surface area (Å²) in [5, 5.41) is 0. The van der Waals surface area contributed by atoms with Gasteiger partial charge in [-0.25, -0.2) is 0 Å². The second kappa shape index (κ2) is 4.72. The van der Waals surface area contributed by atoms with Crippen molar-refractivity contribution < 1.29 is 0 Å². The maximum atomic E-state index is 2.60. The molecule has 1 aromatic carbocycles. The number of anilines is 1. The van der Waals surface area contributed by atoms with Crippen LogP contribution in [0.5, 0.6) is 0 Å². The first-order valence-electron chi connectivity index (χ1n) is 6.91. The van der Waals surface area contributed by atoms with Gasteiger partial charge in [-0.2, -0.15) is 0 Å². The number of nitrogens with zero attached hydrogens (tertiary/aromatic N) is 1. The lowest BCUT2D eigenvalue weighted by atomic mass is 9.80. The molecule has 1 unspecified atom stereocenters. The van der Waals surface area contributed by atoms with Crippen LogP contribution in [0.1, 0.15) is 46.1 Å². The first kappa shape index (κ1) is 12.5. The van der Waals surface area contributed by atoms with Gasteiger partial charge in [0.2, 0.25) is 0 Å².